The van der Waals surface area contributed by atoms with Crippen molar-refractivity contribution in [2.75, 3.05) is 5.75 Å². The third kappa shape index (κ3) is 2.02. The zero-order valence-corrected chi connectivity index (χ0v) is 9.11. The van der Waals surface area contributed by atoms with Gasteiger partial charge in [0.05, 0.1) is 22.0 Å². The molecule has 0 aliphatic heterocycles. The molecule has 0 saturated heterocycles. The van der Waals surface area contributed by atoms with Crippen LogP contribution in [0.3, 0.4) is 0 Å². The molecular formula is C9H15NO2S. The summed E-state index contributed by atoms with van der Waals surface area (Å²) in [6.45, 7) is 5.03. The molecule has 0 aromatic heterocycles. The maximum Gasteiger partial charge on any atom is 0.156 e. The Bertz CT molecular complexity index is 339. The van der Waals surface area contributed by atoms with Crippen LogP contribution in [-0.2, 0) is 9.84 Å². The lowest BCUT2D eigenvalue weighted by Crippen LogP contribution is -2.33. The molecule has 74 valence electrons. The van der Waals surface area contributed by atoms with E-state index in [1.165, 1.54) is 0 Å². The van der Waals surface area contributed by atoms with E-state index in [9.17, 15) is 8.42 Å². The molecule has 1 fully saturated rings. The lowest BCUT2D eigenvalue weighted by atomic mass is 10.2. The molecule has 0 atom stereocenters. The summed E-state index contributed by atoms with van der Waals surface area (Å²) >= 11 is 0. The molecule has 0 radical (unpaired) electrons. The third-order valence-electron chi connectivity index (χ3n) is 2.49. The van der Waals surface area contributed by atoms with E-state index in [0.29, 0.717) is 0 Å². The minimum atomic E-state index is -3.13. The molecule has 1 saturated carbocycles. The molecule has 13 heavy (non-hydrogen) atoms. The summed E-state index contributed by atoms with van der Waals surface area (Å²) in [7, 11) is -3.13. The molecule has 1 aliphatic carbocycles. The zero-order chi connectivity index (χ0) is 10.3. The van der Waals surface area contributed by atoms with Crippen molar-refractivity contribution in [3.63, 3.8) is 0 Å². The van der Waals surface area contributed by atoms with Gasteiger partial charge in [0.1, 0.15) is 0 Å². The Balaban J connectivity index is 2.82. The molecule has 0 aromatic rings. The molecule has 0 heterocycles. The number of hydrogen-bond acceptors (Lipinski definition) is 3. The first-order chi connectivity index (χ1) is 5.72. The second-order valence-corrected chi connectivity index (χ2v) is 7.51. The molecule has 0 aromatic carbocycles. The van der Waals surface area contributed by atoms with Gasteiger partial charge >= 0.3 is 0 Å². The van der Waals surface area contributed by atoms with Crippen molar-refractivity contribution in [2.45, 2.75) is 38.4 Å². The summed E-state index contributed by atoms with van der Waals surface area (Å²) < 4.78 is 22.7. The van der Waals surface area contributed by atoms with E-state index in [-0.39, 0.29) is 5.75 Å². The monoisotopic (exact) mass is 201 g/mol. The SMILES string of the molecule is CC(C)(C)S(=O)(=O)CC1(C#N)CC1. The van der Waals surface area contributed by atoms with Crippen LogP contribution in [0.2, 0.25) is 0 Å². The van der Waals surface area contributed by atoms with Gasteiger partial charge in [0.15, 0.2) is 9.84 Å². The van der Waals surface area contributed by atoms with Crippen molar-refractivity contribution >= 4 is 9.84 Å². The number of hydrogen-bond donors (Lipinski definition) is 0. The van der Waals surface area contributed by atoms with Crippen molar-refractivity contribution < 1.29 is 8.42 Å². The second kappa shape index (κ2) is 2.71. The van der Waals surface area contributed by atoms with Crippen LogP contribution in [0.1, 0.15) is 33.6 Å². The van der Waals surface area contributed by atoms with Gasteiger partial charge in [0.2, 0.25) is 0 Å². The molecule has 0 spiro atoms. The Morgan fingerprint density at radius 1 is 1.38 bits per heavy atom. The fraction of sp³-hybridized carbons (Fsp3) is 0.889. The van der Waals surface area contributed by atoms with Crippen LogP contribution in [-0.4, -0.2) is 18.9 Å². The summed E-state index contributed by atoms with van der Waals surface area (Å²) in [4.78, 5) is 0. The summed E-state index contributed by atoms with van der Waals surface area (Å²) in [6.07, 6.45) is 1.47. The van der Waals surface area contributed by atoms with Gasteiger partial charge in [-0.25, -0.2) is 8.42 Å². The average Bonchev–Trinajstić information content (AvgIpc) is 2.66. The normalized spacial score (nSPS) is 20.8. The molecule has 0 amide bonds. The van der Waals surface area contributed by atoms with Crippen molar-refractivity contribution in [2.24, 2.45) is 5.41 Å². The predicted octanol–water partition coefficient (Wildman–Crippen LogP) is 1.50. The van der Waals surface area contributed by atoms with Crippen LogP contribution in [0.25, 0.3) is 0 Å². The summed E-state index contributed by atoms with van der Waals surface area (Å²) in [6, 6.07) is 2.10. The molecule has 3 nitrogen and oxygen atoms in total. The van der Waals surface area contributed by atoms with Crippen LogP contribution < -0.4 is 0 Å². The first kappa shape index (κ1) is 10.5. The van der Waals surface area contributed by atoms with Crippen molar-refractivity contribution in [3.05, 3.63) is 0 Å². The maximum atomic E-state index is 11.7. The molecule has 0 unspecified atom stereocenters. The lowest BCUT2D eigenvalue weighted by molar-refractivity contribution is 0.548. The molecule has 1 rings (SSSR count). The van der Waals surface area contributed by atoms with Crippen LogP contribution in [0.4, 0.5) is 0 Å². The van der Waals surface area contributed by atoms with Gasteiger partial charge in [-0.2, -0.15) is 5.26 Å². The van der Waals surface area contributed by atoms with Gasteiger partial charge < -0.3 is 0 Å². The Hall–Kier alpha value is -0.560. The second-order valence-electron chi connectivity index (χ2n) is 4.76. The minimum absolute atomic E-state index is 0.0278. The predicted molar refractivity (Wildman–Crippen MR) is 50.8 cm³/mol. The van der Waals surface area contributed by atoms with Gasteiger partial charge in [-0.05, 0) is 33.6 Å². The van der Waals surface area contributed by atoms with Crippen LogP contribution in [0, 0.1) is 16.7 Å². The van der Waals surface area contributed by atoms with Crippen molar-refractivity contribution in [1.82, 2.24) is 0 Å². The van der Waals surface area contributed by atoms with Crippen LogP contribution in [0.15, 0.2) is 0 Å². The fourth-order valence-corrected chi connectivity index (χ4v) is 2.53. The summed E-state index contributed by atoms with van der Waals surface area (Å²) in [5.41, 5.74) is -0.549. The van der Waals surface area contributed by atoms with Gasteiger partial charge in [-0.3, -0.25) is 0 Å². The van der Waals surface area contributed by atoms with E-state index in [2.05, 4.69) is 6.07 Å². The van der Waals surface area contributed by atoms with Crippen molar-refractivity contribution in [3.8, 4) is 6.07 Å². The highest BCUT2D eigenvalue weighted by atomic mass is 32.2. The molecule has 0 bridgehead atoms. The fourth-order valence-electron chi connectivity index (χ4n) is 1.02. The van der Waals surface area contributed by atoms with E-state index in [1.807, 2.05) is 0 Å². The largest absolute Gasteiger partial charge is 0.228 e. The van der Waals surface area contributed by atoms with Gasteiger partial charge in [0.25, 0.3) is 0 Å². The third-order valence-corrected chi connectivity index (χ3v) is 5.29. The number of nitrogens with zero attached hydrogens (tertiary/aromatic N) is 1. The first-order valence-electron chi connectivity index (χ1n) is 4.36. The first-order valence-corrected chi connectivity index (χ1v) is 6.01. The van der Waals surface area contributed by atoms with E-state index >= 15 is 0 Å². The van der Waals surface area contributed by atoms with E-state index in [4.69, 9.17) is 5.26 Å². The topological polar surface area (TPSA) is 57.9 Å². The molecule has 1 aliphatic rings. The summed E-state index contributed by atoms with van der Waals surface area (Å²) in [5.74, 6) is 0.0278. The van der Waals surface area contributed by atoms with Crippen molar-refractivity contribution in [1.29, 1.82) is 5.26 Å². The molecule has 4 heteroatoms. The lowest BCUT2D eigenvalue weighted by Gasteiger charge is -2.20. The van der Waals surface area contributed by atoms with Crippen LogP contribution in [0.5, 0.6) is 0 Å². The smallest absolute Gasteiger partial charge is 0.156 e. The number of rotatable bonds is 2. The zero-order valence-electron chi connectivity index (χ0n) is 8.29. The van der Waals surface area contributed by atoms with E-state index in [1.54, 1.807) is 20.8 Å². The quantitative estimate of drug-likeness (QED) is 0.680. The van der Waals surface area contributed by atoms with E-state index in [0.717, 1.165) is 12.8 Å². The van der Waals surface area contributed by atoms with Crippen LogP contribution >= 0.6 is 0 Å². The highest BCUT2D eigenvalue weighted by Crippen LogP contribution is 2.47. The molecular weight excluding hydrogens is 186 g/mol. The number of nitriles is 1. The Kier molecular flexibility index (Phi) is 2.20. The highest BCUT2D eigenvalue weighted by molar-refractivity contribution is 7.92. The Labute approximate surface area is 79.7 Å². The Morgan fingerprint density at radius 2 is 1.85 bits per heavy atom. The van der Waals surface area contributed by atoms with E-state index < -0.39 is 20.0 Å². The number of sulfone groups is 1. The van der Waals surface area contributed by atoms with Gasteiger partial charge in [-0.15, -0.1) is 0 Å². The molecule has 0 N–H and O–H groups in total. The highest BCUT2D eigenvalue weighted by Gasteiger charge is 2.49. The minimum Gasteiger partial charge on any atom is -0.228 e. The average molecular weight is 201 g/mol. The Morgan fingerprint density at radius 3 is 2.08 bits per heavy atom. The van der Waals surface area contributed by atoms with Gasteiger partial charge in [-0.1, -0.05) is 0 Å². The van der Waals surface area contributed by atoms with Gasteiger partial charge in [0, 0.05) is 0 Å². The maximum absolute atomic E-state index is 11.7. The standard InChI is InChI=1S/C9H15NO2S/c1-8(2,3)13(11,12)7-9(6-10)4-5-9/h4-5,7H2,1-3H3. The summed E-state index contributed by atoms with van der Waals surface area (Å²) in [5, 5.41) is 8.77.